The van der Waals surface area contributed by atoms with Crippen LogP contribution in [-0.2, 0) is 11.8 Å². The lowest BCUT2D eigenvalue weighted by molar-refractivity contribution is -0.120. The van der Waals surface area contributed by atoms with E-state index in [1.54, 1.807) is 17.9 Å². The largest absolute Gasteiger partial charge is 0.389 e. The van der Waals surface area contributed by atoms with Crippen molar-refractivity contribution in [3.8, 4) is 0 Å². The zero-order valence-electron chi connectivity index (χ0n) is 11.2. The number of hydrogen-bond donors (Lipinski definition) is 2. The van der Waals surface area contributed by atoms with E-state index in [4.69, 9.17) is 18.0 Å². The first-order chi connectivity index (χ1) is 9.09. The number of nitrogens with zero attached hydrogens (tertiary/aromatic N) is 2. The van der Waals surface area contributed by atoms with Crippen LogP contribution < -0.4 is 11.1 Å². The number of carbonyl (C=O) groups is 1. The Bertz CT molecular complexity index is 475. The molecule has 0 spiro atoms. The van der Waals surface area contributed by atoms with Gasteiger partial charge in [-0.3, -0.25) is 9.48 Å². The zero-order valence-corrected chi connectivity index (χ0v) is 12.0. The smallest absolute Gasteiger partial charge is 0.228 e. The molecule has 3 N–H and O–H groups in total. The number of nitrogens with two attached hydrogens (primary N) is 1. The molecule has 1 heterocycles. The second-order valence-corrected chi connectivity index (χ2v) is 5.51. The number of amides is 1. The van der Waals surface area contributed by atoms with Crippen LogP contribution in [0.25, 0.3) is 0 Å². The van der Waals surface area contributed by atoms with Crippen LogP contribution in [0.1, 0.15) is 44.1 Å². The van der Waals surface area contributed by atoms with E-state index in [0.717, 1.165) is 25.7 Å². The van der Waals surface area contributed by atoms with Gasteiger partial charge in [0.05, 0.1) is 11.8 Å². The monoisotopic (exact) mass is 280 g/mol. The molecule has 0 saturated heterocycles. The van der Waals surface area contributed by atoms with Crippen molar-refractivity contribution in [2.75, 3.05) is 5.32 Å². The van der Waals surface area contributed by atoms with Crippen molar-refractivity contribution in [2.45, 2.75) is 38.5 Å². The Kier molecular flexibility index (Phi) is 4.52. The van der Waals surface area contributed by atoms with Gasteiger partial charge in [-0.2, -0.15) is 5.10 Å². The van der Waals surface area contributed by atoms with E-state index in [9.17, 15) is 4.79 Å². The molecule has 5 nitrogen and oxygen atoms in total. The van der Waals surface area contributed by atoms with Gasteiger partial charge in [-0.25, -0.2) is 0 Å². The lowest BCUT2D eigenvalue weighted by Crippen LogP contribution is -2.25. The third kappa shape index (κ3) is 3.32. The van der Waals surface area contributed by atoms with Gasteiger partial charge in [0.25, 0.3) is 0 Å². The summed E-state index contributed by atoms with van der Waals surface area (Å²) >= 11 is 4.97. The number of carbonyl (C=O) groups excluding carboxylic acids is 1. The fourth-order valence-corrected chi connectivity index (χ4v) is 2.68. The highest BCUT2D eigenvalue weighted by Crippen LogP contribution is 2.24. The molecule has 2 rings (SSSR count). The first kappa shape index (κ1) is 14.0. The van der Waals surface area contributed by atoms with Gasteiger partial charge in [0.15, 0.2) is 0 Å². The maximum atomic E-state index is 12.3. The van der Waals surface area contributed by atoms with Crippen LogP contribution in [-0.4, -0.2) is 20.7 Å². The van der Waals surface area contributed by atoms with E-state index < -0.39 is 0 Å². The van der Waals surface area contributed by atoms with Crippen LogP contribution in [0.2, 0.25) is 0 Å². The van der Waals surface area contributed by atoms with Crippen LogP contribution in [0.15, 0.2) is 6.20 Å². The summed E-state index contributed by atoms with van der Waals surface area (Å²) < 4.78 is 1.60. The maximum Gasteiger partial charge on any atom is 0.228 e. The molecule has 1 saturated carbocycles. The lowest BCUT2D eigenvalue weighted by Gasteiger charge is -2.15. The second kappa shape index (κ2) is 6.14. The highest BCUT2D eigenvalue weighted by atomic mass is 32.1. The first-order valence-electron chi connectivity index (χ1n) is 6.72. The summed E-state index contributed by atoms with van der Waals surface area (Å²) in [6.45, 7) is 0. The van der Waals surface area contributed by atoms with Gasteiger partial charge in [-0.1, -0.05) is 37.9 Å². The Labute approximate surface area is 118 Å². The molecule has 19 heavy (non-hydrogen) atoms. The number of nitrogens with one attached hydrogen (secondary N) is 1. The average Bonchev–Trinajstić information content (AvgIpc) is 2.60. The van der Waals surface area contributed by atoms with Gasteiger partial charge in [0.1, 0.15) is 10.8 Å². The van der Waals surface area contributed by atoms with Crippen molar-refractivity contribution in [1.29, 1.82) is 0 Å². The number of aryl methyl sites for hydroxylation is 1. The average molecular weight is 280 g/mol. The highest BCUT2D eigenvalue weighted by Gasteiger charge is 2.22. The molecule has 6 heteroatoms. The molecular weight excluding hydrogens is 260 g/mol. The molecule has 0 aromatic carbocycles. The van der Waals surface area contributed by atoms with Crippen molar-refractivity contribution >= 4 is 28.9 Å². The molecule has 1 amide bonds. The van der Waals surface area contributed by atoms with Gasteiger partial charge < -0.3 is 11.1 Å². The number of rotatable bonds is 3. The Morgan fingerprint density at radius 2 is 2.05 bits per heavy atom. The van der Waals surface area contributed by atoms with Crippen LogP contribution >= 0.6 is 12.2 Å². The topological polar surface area (TPSA) is 72.9 Å². The molecule has 1 fully saturated rings. The first-order valence-corrected chi connectivity index (χ1v) is 7.13. The number of aromatic nitrogens is 2. The van der Waals surface area contributed by atoms with Crippen LogP contribution in [0, 0.1) is 5.92 Å². The van der Waals surface area contributed by atoms with Crippen LogP contribution in [0.3, 0.4) is 0 Å². The summed E-state index contributed by atoms with van der Waals surface area (Å²) in [6, 6.07) is 0. The van der Waals surface area contributed by atoms with E-state index >= 15 is 0 Å². The fraction of sp³-hybridized carbons (Fsp3) is 0.615. The number of hydrogen-bond acceptors (Lipinski definition) is 3. The normalized spacial score (nSPS) is 16.9. The molecular formula is C13H20N4OS. The van der Waals surface area contributed by atoms with Crippen molar-refractivity contribution in [1.82, 2.24) is 9.78 Å². The van der Waals surface area contributed by atoms with Gasteiger partial charge in [0.2, 0.25) is 5.91 Å². The van der Waals surface area contributed by atoms with E-state index in [2.05, 4.69) is 10.4 Å². The fourth-order valence-electron chi connectivity index (χ4n) is 2.53. The molecule has 0 unspecified atom stereocenters. The third-order valence-electron chi connectivity index (χ3n) is 3.67. The van der Waals surface area contributed by atoms with E-state index in [1.807, 2.05) is 0 Å². The van der Waals surface area contributed by atoms with Crippen molar-refractivity contribution < 1.29 is 4.79 Å². The lowest BCUT2D eigenvalue weighted by atomic mass is 9.99. The quantitative estimate of drug-likeness (QED) is 0.656. The number of thiocarbonyl (C=S) groups is 1. The zero-order chi connectivity index (χ0) is 13.8. The summed E-state index contributed by atoms with van der Waals surface area (Å²) in [5.41, 5.74) is 6.26. The number of anilines is 1. The van der Waals surface area contributed by atoms with Crippen LogP contribution in [0.4, 0.5) is 5.82 Å². The van der Waals surface area contributed by atoms with Crippen molar-refractivity contribution in [3.63, 3.8) is 0 Å². The van der Waals surface area contributed by atoms with Crippen LogP contribution in [0.5, 0.6) is 0 Å². The van der Waals surface area contributed by atoms with E-state index in [-0.39, 0.29) is 16.8 Å². The van der Waals surface area contributed by atoms with Gasteiger partial charge in [-0.15, -0.1) is 0 Å². The predicted octanol–water partition coefficient (Wildman–Crippen LogP) is 1.96. The minimum Gasteiger partial charge on any atom is -0.389 e. The Hall–Kier alpha value is -1.43. The summed E-state index contributed by atoms with van der Waals surface area (Å²) in [7, 11) is 1.77. The molecule has 1 aromatic rings. The Morgan fingerprint density at radius 3 is 2.63 bits per heavy atom. The second-order valence-electron chi connectivity index (χ2n) is 5.07. The summed E-state index contributed by atoms with van der Waals surface area (Å²) in [5, 5.41) is 7.02. The maximum absolute atomic E-state index is 12.3. The molecule has 104 valence electrons. The van der Waals surface area contributed by atoms with Gasteiger partial charge in [-0.05, 0) is 12.8 Å². The predicted molar refractivity (Wildman–Crippen MR) is 78.9 cm³/mol. The van der Waals surface area contributed by atoms with Gasteiger partial charge >= 0.3 is 0 Å². The molecule has 0 bridgehead atoms. The summed E-state index contributed by atoms with van der Waals surface area (Å²) in [6.07, 6.45) is 8.24. The van der Waals surface area contributed by atoms with Crippen molar-refractivity contribution in [3.05, 3.63) is 11.8 Å². The summed E-state index contributed by atoms with van der Waals surface area (Å²) in [5.74, 6) is 0.751. The van der Waals surface area contributed by atoms with E-state index in [0.29, 0.717) is 11.4 Å². The minimum atomic E-state index is 0.0583. The molecule has 1 aliphatic rings. The highest BCUT2D eigenvalue weighted by molar-refractivity contribution is 7.80. The Morgan fingerprint density at radius 1 is 1.42 bits per heavy atom. The summed E-state index contributed by atoms with van der Waals surface area (Å²) in [4.78, 5) is 12.6. The third-order valence-corrected chi connectivity index (χ3v) is 3.89. The molecule has 0 aliphatic heterocycles. The standard InChI is InChI=1S/C13H20N4OS/c1-17-12(10(8-15-17)11(14)19)16-13(18)9-6-4-2-3-5-7-9/h8-9H,2-7H2,1H3,(H2,14,19)(H,16,18). The molecule has 1 aromatic heterocycles. The molecule has 0 atom stereocenters. The van der Waals surface area contributed by atoms with Crippen molar-refractivity contribution in [2.24, 2.45) is 18.7 Å². The van der Waals surface area contributed by atoms with E-state index in [1.165, 1.54) is 12.8 Å². The Balaban J connectivity index is 2.09. The molecule has 1 aliphatic carbocycles. The van der Waals surface area contributed by atoms with Gasteiger partial charge in [0, 0.05) is 13.0 Å². The SMILES string of the molecule is Cn1ncc(C(N)=S)c1NC(=O)C1CCCCCC1. The minimum absolute atomic E-state index is 0.0583. The molecule has 0 radical (unpaired) electrons.